The molecule has 0 saturated heterocycles. The highest BCUT2D eigenvalue weighted by Gasteiger charge is 2.36. The van der Waals surface area contributed by atoms with Crippen LogP contribution in [0, 0.1) is 5.92 Å². The number of allylic oxidation sites excluding steroid dienone is 3. The van der Waals surface area contributed by atoms with E-state index >= 15 is 0 Å². The van der Waals surface area contributed by atoms with Crippen LogP contribution in [-0.4, -0.2) is 11.1 Å². The summed E-state index contributed by atoms with van der Waals surface area (Å²) in [5.74, 6) is -0.00277. The molecule has 0 unspecified atom stereocenters. The van der Waals surface area contributed by atoms with E-state index in [9.17, 15) is 4.79 Å². The monoisotopic (exact) mass is 296 g/mol. The Morgan fingerprint density at radius 1 is 1.37 bits per heavy atom. The standard InChI is InChI=1S/C15H14Cl2O2/c1-9(6-15(18)19)2-3-10-7-12(10)11-4-5-13(16)14(17)8-11/h2-6,8,10,12H,7H2,1H3,(H,18,19)/t10-,12-/m1/s1. The molecule has 0 spiro atoms. The number of carboxylic acids is 1. The van der Waals surface area contributed by atoms with Gasteiger partial charge in [-0.1, -0.05) is 41.4 Å². The Morgan fingerprint density at radius 2 is 2.11 bits per heavy atom. The zero-order valence-corrected chi connectivity index (χ0v) is 11.9. The van der Waals surface area contributed by atoms with Gasteiger partial charge in [0.2, 0.25) is 0 Å². The van der Waals surface area contributed by atoms with Crippen LogP contribution in [-0.2, 0) is 4.79 Å². The Bertz CT molecular complexity index is 561. The van der Waals surface area contributed by atoms with Gasteiger partial charge in [0.15, 0.2) is 0 Å². The summed E-state index contributed by atoms with van der Waals surface area (Å²) in [5, 5.41) is 9.76. The lowest BCUT2D eigenvalue weighted by Gasteiger charge is -2.01. The highest BCUT2D eigenvalue weighted by molar-refractivity contribution is 6.42. The fraction of sp³-hybridized carbons (Fsp3) is 0.267. The molecule has 0 heterocycles. The van der Waals surface area contributed by atoms with Crippen LogP contribution in [0.1, 0.15) is 24.8 Å². The number of rotatable bonds is 4. The largest absolute Gasteiger partial charge is 0.478 e. The maximum Gasteiger partial charge on any atom is 0.328 e. The van der Waals surface area contributed by atoms with E-state index in [0.29, 0.717) is 21.9 Å². The maximum absolute atomic E-state index is 10.5. The van der Waals surface area contributed by atoms with E-state index in [2.05, 4.69) is 6.08 Å². The summed E-state index contributed by atoms with van der Waals surface area (Å²) in [6, 6.07) is 5.71. The minimum atomic E-state index is -0.918. The maximum atomic E-state index is 10.5. The van der Waals surface area contributed by atoms with E-state index in [-0.39, 0.29) is 0 Å². The molecule has 0 aromatic heterocycles. The molecule has 0 radical (unpaired) electrons. The van der Waals surface area contributed by atoms with Crippen molar-refractivity contribution < 1.29 is 9.90 Å². The van der Waals surface area contributed by atoms with Gasteiger partial charge in [-0.3, -0.25) is 0 Å². The molecule has 1 aromatic carbocycles. The van der Waals surface area contributed by atoms with Gasteiger partial charge in [-0.05, 0) is 48.4 Å². The second-order valence-corrected chi connectivity index (χ2v) is 5.58. The van der Waals surface area contributed by atoms with Gasteiger partial charge in [-0.2, -0.15) is 0 Å². The van der Waals surface area contributed by atoms with E-state index in [1.807, 2.05) is 24.3 Å². The Kier molecular flexibility index (Phi) is 4.33. The highest BCUT2D eigenvalue weighted by atomic mass is 35.5. The van der Waals surface area contributed by atoms with Gasteiger partial charge in [0, 0.05) is 6.08 Å². The topological polar surface area (TPSA) is 37.3 Å². The Hall–Kier alpha value is -1.25. The number of carboxylic acid groups (broad SMARTS) is 1. The average Bonchev–Trinajstić information content (AvgIpc) is 3.09. The van der Waals surface area contributed by atoms with Crippen molar-refractivity contribution in [3.05, 3.63) is 57.6 Å². The normalized spacial score (nSPS) is 22.8. The summed E-state index contributed by atoms with van der Waals surface area (Å²) in [4.78, 5) is 10.5. The molecule has 1 saturated carbocycles. The molecule has 1 fully saturated rings. The van der Waals surface area contributed by atoms with Crippen molar-refractivity contribution in [2.24, 2.45) is 5.92 Å². The van der Waals surface area contributed by atoms with Crippen molar-refractivity contribution in [2.45, 2.75) is 19.3 Å². The fourth-order valence-corrected chi connectivity index (χ4v) is 2.38. The lowest BCUT2D eigenvalue weighted by Crippen LogP contribution is -1.88. The molecular weight excluding hydrogens is 283 g/mol. The molecule has 4 heteroatoms. The molecular formula is C15H14Cl2O2. The van der Waals surface area contributed by atoms with E-state index < -0.39 is 5.97 Å². The van der Waals surface area contributed by atoms with Gasteiger partial charge in [-0.25, -0.2) is 4.79 Å². The zero-order valence-electron chi connectivity index (χ0n) is 10.4. The average molecular weight is 297 g/mol. The third-order valence-corrected chi connectivity index (χ3v) is 3.91. The zero-order chi connectivity index (χ0) is 14.0. The van der Waals surface area contributed by atoms with Crippen molar-refractivity contribution in [3.63, 3.8) is 0 Å². The first kappa shape index (κ1) is 14.2. The van der Waals surface area contributed by atoms with Crippen LogP contribution in [0.2, 0.25) is 10.0 Å². The third-order valence-electron chi connectivity index (χ3n) is 3.17. The summed E-state index contributed by atoms with van der Waals surface area (Å²) < 4.78 is 0. The Balaban J connectivity index is 1.99. The van der Waals surface area contributed by atoms with Crippen LogP contribution in [0.25, 0.3) is 0 Å². The highest BCUT2D eigenvalue weighted by Crippen LogP contribution is 2.49. The van der Waals surface area contributed by atoms with Gasteiger partial charge in [0.1, 0.15) is 0 Å². The number of benzene rings is 1. The third kappa shape index (κ3) is 3.85. The van der Waals surface area contributed by atoms with E-state index in [0.717, 1.165) is 12.0 Å². The van der Waals surface area contributed by atoms with Crippen LogP contribution in [0.4, 0.5) is 0 Å². The van der Waals surface area contributed by atoms with Crippen molar-refractivity contribution in [3.8, 4) is 0 Å². The fourth-order valence-electron chi connectivity index (χ4n) is 2.07. The lowest BCUT2D eigenvalue weighted by molar-refractivity contribution is -0.131. The summed E-state index contributed by atoms with van der Waals surface area (Å²) in [7, 11) is 0. The van der Waals surface area contributed by atoms with Gasteiger partial charge in [0.25, 0.3) is 0 Å². The minimum Gasteiger partial charge on any atom is -0.478 e. The van der Waals surface area contributed by atoms with Crippen LogP contribution < -0.4 is 0 Å². The number of hydrogen-bond acceptors (Lipinski definition) is 1. The van der Waals surface area contributed by atoms with Gasteiger partial charge in [-0.15, -0.1) is 0 Å². The predicted molar refractivity (Wildman–Crippen MR) is 77.8 cm³/mol. The molecule has 1 aliphatic rings. The second kappa shape index (κ2) is 5.81. The van der Waals surface area contributed by atoms with Crippen molar-refractivity contribution in [1.29, 1.82) is 0 Å². The molecule has 2 rings (SSSR count). The van der Waals surface area contributed by atoms with Gasteiger partial charge >= 0.3 is 5.97 Å². The molecule has 0 amide bonds. The lowest BCUT2D eigenvalue weighted by atomic mass is 10.1. The number of aliphatic carboxylic acids is 1. The molecule has 0 aliphatic heterocycles. The molecule has 2 atom stereocenters. The summed E-state index contributed by atoms with van der Waals surface area (Å²) in [5.41, 5.74) is 1.93. The molecule has 19 heavy (non-hydrogen) atoms. The first-order valence-electron chi connectivity index (χ1n) is 6.01. The first-order chi connectivity index (χ1) is 8.97. The quantitative estimate of drug-likeness (QED) is 0.647. The minimum absolute atomic E-state index is 0.453. The van der Waals surface area contributed by atoms with Gasteiger partial charge < -0.3 is 5.11 Å². The first-order valence-corrected chi connectivity index (χ1v) is 6.77. The van der Waals surface area contributed by atoms with Crippen LogP contribution in [0.3, 0.4) is 0 Å². The Labute approximate surface area is 122 Å². The van der Waals surface area contributed by atoms with Crippen molar-refractivity contribution >= 4 is 29.2 Å². The number of hydrogen-bond donors (Lipinski definition) is 1. The number of carbonyl (C=O) groups is 1. The van der Waals surface area contributed by atoms with Crippen molar-refractivity contribution in [1.82, 2.24) is 0 Å². The Morgan fingerprint density at radius 3 is 2.74 bits per heavy atom. The van der Waals surface area contributed by atoms with E-state index in [4.69, 9.17) is 28.3 Å². The SMILES string of the molecule is CC(C=C[C@@H]1C[C@H]1c1ccc(Cl)c(Cl)c1)=CC(=O)O. The molecule has 1 aromatic rings. The summed E-state index contributed by atoms with van der Waals surface area (Å²) in [6.07, 6.45) is 6.18. The van der Waals surface area contributed by atoms with Crippen molar-refractivity contribution in [2.75, 3.05) is 0 Å². The van der Waals surface area contributed by atoms with E-state index in [1.54, 1.807) is 6.92 Å². The van der Waals surface area contributed by atoms with Crippen LogP contribution in [0.15, 0.2) is 42.0 Å². The van der Waals surface area contributed by atoms with E-state index in [1.165, 1.54) is 11.6 Å². The van der Waals surface area contributed by atoms with Gasteiger partial charge in [0.05, 0.1) is 10.0 Å². The van der Waals surface area contributed by atoms with Crippen LogP contribution in [0.5, 0.6) is 0 Å². The second-order valence-electron chi connectivity index (χ2n) is 4.77. The number of halogens is 2. The summed E-state index contributed by atoms with van der Waals surface area (Å²) in [6.45, 7) is 1.78. The smallest absolute Gasteiger partial charge is 0.328 e. The molecule has 1 aliphatic carbocycles. The van der Waals surface area contributed by atoms with Crippen LogP contribution >= 0.6 is 23.2 Å². The molecule has 100 valence electrons. The molecule has 0 bridgehead atoms. The predicted octanol–water partition coefficient (Wildman–Crippen LogP) is 4.68. The molecule has 2 nitrogen and oxygen atoms in total. The summed E-state index contributed by atoms with van der Waals surface area (Å²) >= 11 is 11.9. The molecule has 1 N–H and O–H groups in total.